The van der Waals surface area contributed by atoms with Gasteiger partial charge in [0.15, 0.2) is 0 Å². The van der Waals surface area contributed by atoms with Crippen LogP contribution in [-0.4, -0.2) is 28.5 Å². The Morgan fingerprint density at radius 2 is 1.32 bits per heavy atom. The van der Waals surface area contributed by atoms with Crippen molar-refractivity contribution in [3.63, 3.8) is 0 Å². The Hall–Kier alpha value is -5.96. The number of hydrogen-bond donors (Lipinski definition) is 4. The summed E-state index contributed by atoms with van der Waals surface area (Å²) < 4.78 is 6.15. The highest BCUT2D eigenvalue weighted by atomic mass is 16.3. The van der Waals surface area contributed by atoms with Crippen LogP contribution in [0.4, 0.5) is 22.0 Å². The molecule has 0 aliphatic rings. The molecule has 6 rings (SSSR count). The molecule has 0 aliphatic heterocycles. The molecule has 9 heteroatoms. The molecule has 0 saturated heterocycles. The average Bonchev–Trinajstić information content (AvgIpc) is 3.47. The van der Waals surface area contributed by atoms with E-state index < -0.39 is 0 Å². The summed E-state index contributed by atoms with van der Waals surface area (Å²) in [6, 6.07) is 35.9. The average molecular weight is 583 g/mol. The monoisotopic (exact) mass is 582 g/mol. The predicted octanol–water partition coefficient (Wildman–Crippen LogP) is 7.12. The molecule has 0 unspecified atom stereocenters. The van der Waals surface area contributed by atoms with Crippen molar-refractivity contribution in [1.29, 1.82) is 0 Å². The number of para-hydroxylation sites is 1. The number of furan rings is 1. The van der Waals surface area contributed by atoms with Crippen molar-refractivity contribution in [1.82, 2.24) is 15.3 Å². The van der Waals surface area contributed by atoms with E-state index in [4.69, 9.17) is 4.42 Å². The van der Waals surface area contributed by atoms with Crippen molar-refractivity contribution in [2.45, 2.75) is 13.0 Å². The number of carbonyl (C=O) groups excluding carboxylic acids is 2. The summed E-state index contributed by atoms with van der Waals surface area (Å²) in [5.41, 5.74) is 4.94. The summed E-state index contributed by atoms with van der Waals surface area (Å²) >= 11 is 0. The van der Waals surface area contributed by atoms with Gasteiger partial charge in [0, 0.05) is 30.0 Å². The second-order valence-electron chi connectivity index (χ2n) is 10.1. The molecule has 218 valence electrons. The van der Waals surface area contributed by atoms with Gasteiger partial charge >= 0.3 is 6.03 Å². The van der Waals surface area contributed by atoms with Crippen LogP contribution in [0.2, 0.25) is 0 Å². The Morgan fingerprint density at radius 3 is 2.02 bits per heavy atom. The van der Waals surface area contributed by atoms with E-state index in [0.29, 0.717) is 53.4 Å². The highest BCUT2D eigenvalue weighted by Gasteiger charge is 2.25. The van der Waals surface area contributed by atoms with Crippen LogP contribution in [-0.2, 0) is 13.0 Å². The summed E-state index contributed by atoms with van der Waals surface area (Å²) in [6.45, 7) is 0.917. The van der Waals surface area contributed by atoms with Gasteiger partial charge in [-0.1, -0.05) is 91.0 Å². The van der Waals surface area contributed by atoms with Gasteiger partial charge in [-0.05, 0) is 41.8 Å². The number of fused-ring (bicyclic) bond motifs is 1. The number of nitrogens with zero attached hydrogens (tertiary/aromatic N) is 2. The fourth-order valence-corrected chi connectivity index (χ4v) is 4.84. The Balaban J connectivity index is 1.16. The SMILES string of the molecule is O=C(Nc1ccccc1)Nc1ccc(CCNc2ncnc3oc(-c4ccccc4)c(C(=O)NCc4ccccc4)c23)cc1. The van der Waals surface area contributed by atoms with E-state index in [2.05, 4.69) is 31.2 Å². The zero-order valence-corrected chi connectivity index (χ0v) is 23.8. The zero-order chi connectivity index (χ0) is 30.1. The molecule has 0 spiro atoms. The fraction of sp³-hybridized carbons (Fsp3) is 0.0857. The number of carbonyl (C=O) groups is 2. The summed E-state index contributed by atoms with van der Waals surface area (Å²) in [7, 11) is 0. The topological polar surface area (TPSA) is 121 Å². The highest BCUT2D eigenvalue weighted by Crippen LogP contribution is 2.35. The summed E-state index contributed by atoms with van der Waals surface area (Å²) in [5.74, 6) is 0.680. The van der Waals surface area contributed by atoms with E-state index in [1.165, 1.54) is 6.33 Å². The van der Waals surface area contributed by atoms with Gasteiger partial charge in [-0.15, -0.1) is 0 Å². The smallest absolute Gasteiger partial charge is 0.323 e. The number of benzene rings is 4. The molecule has 0 saturated carbocycles. The number of anilines is 3. The van der Waals surface area contributed by atoms with Crippen molar-refractivity contribution in [2.75, 3.05) is 22.5 Å². The van der Waals surface area contributed by atoms with Gasteiger partial charge in [-0.2, -0.15) is 0 Å². The van der Waals surface area contributed by atoms with Gasteiger partial charge in [0.2, 0.25) is 5.71 Å². The van der Waals surface area contributed by atoms with E-state index in [9.17, 15) is 9.59 Å². The number of nitrogens with one attached hydrogen (secondary N) is 4. The lowest BCUT2D eigenvalue weighted by molar-refractivity contribution is 0.0952. The molecule has 2 heterocycles. The Morgan fingerprint density at radius 1 is 0.682 bits per heavy atom. The number of amides is 3. The number of urea groups is 1. The quantitative estimate of drug-likeness (QED) is 0.137. The van der Waals surface area contributed by atoms with Crippen LogP contribution in [0.5, 0.6) is 0 Å². The molecular formula is C35H30N6O3. The number of hydrogen-bond acceptors (Lipinski definition) is 6. The Kier molecular flexibility index (Phi) is 8.55. The molecule has 2 aromatic heterocycles. The molecule has 4 N–H and O–H groups in total. The summed E-state index contributed by atoms with van der Waals surface area (Å²) in [6.07, 6.45) is 2.11. The van der Waals surface area contributed by atoms with E-state index in [1.807, 2.05) is 115 Å². The second kappa shape index (κ2) is 13.3. The molecule has 44 heavy (non-hydrogen) atoms. The highest BCUT2D eigenvalue weighted by molar-refractivity contribution is 6.13. The Labute approximate surface area is 254 Å². The second-order valence-corrected chi connectivity index (χ2v) is 10.1. The van der Waals surface area contributed by atoms with Crippen LogP contribution in [0.15, 0.2) is 126 Å². The summed E-state index contributed by atoms with van der Waals surface area (Å²) in [5, 5.41) is 12.6. The van der Waals surface area contributed by atoms with Crippen LogP contribution in [0.25, 0.3) is 22.4 Å². The van der Waals surface area contributed by atoms with Crippen LogP contribution in [0.3, 0.4) is 0 Å². The van der Waals surface area contributed by atoms with Crippen molar-refractivity contribution >= 4 is 40.2 Å². The molecule has 0 bridgehead atoms. The summed E-state index contributed by atoms with van der Waals surface area (Å²) in [4.78, 5) is 34.8. The lowest BCUT2D eigenvalue weighted by Gasteiger charge is -2.10. The van der Waals surface area contributed by atoms with Crippen LogP contribution in [0, 0.1) is 0 Å². The third-order valence-electron chi connectivity index (χ3n) is 7.00. The molecule has 9 nitrogen and oxygen atoms in total. The molecular weight excluding hydrogens is 552 g/mol. The van der Waals surface area contributed by atoms with Crippen LogP contribution < -0.4 is 21.3 Å². The van der Waals surface area contributed by atoms with E-state index in [1.54, 1.807) is 0 Å². The van der Waals surface area contributed by atoms with Gasteiger partial charge in [-0.25, -0.2) is 14.8 Å². The number of aromatic nitrogens is 2. The molecule has 6 aromatic rings. The van der Waals surface area contributed by atoms with Gasteiger partial charge in [0.05, 0.1) is 10.9 Å². The lowest BCUT2D eigenvalue weighted by atomic mass is 10.1. The third kappa shape index (κ3) is 6.74. The van der Waals surface area contributed by atoms with E-state index in [0.717, 1.165) is 22.4 Å². The van der Waals surface area contributed by atoms with E-state index in [-0.39, 0.29) is 11.9 Å². The first-order valence-corrected chi connectivity index (χ1v) is 14.2. The maximum absolute atomic E-state index is 13.7. The molecule has 0 radical (unpaired) electrons. The maximum Gasteiger partial charge on any atom is 0.323 e. The normalized spacial score (nSPS) is 10.7. The minimum atomic E-state index is -0.308. The standard InChI is InChI=1S/C35H30N6O3/c42-33(37-22-25-10-4-1-5-11-25)29-30-32(38-23-39-34(30)44-31(29)26-12-6-2-7-13-26)36-21-20-24-16-18-28(19-17-24)41-35(43)40-27-14-8-3-9-15-27/h1-19,23H,20-22H2,(H,37,42)(H,36,38,39)(H2,40,41,43). The van der Waals surface area contributed by atoms with Gasteiger partial charge in [-0.3, -0.25) is 4.79 Å². The molecule has 0 aliphatic carbocycles. The van der Waals surface area contributed by atoms with Crippen molar-refractivity contribution in [3.05, 3.63) is 138 Å². The maximum atomic E-state index is 13.7. The zero-order valence-electron chi connectivity index (χ0n) is 23.8. The molecule has 0 fully saturated rings. The Bertz CT molecular complexity index is 1860. The van der Waals surface area contributed by atoms with Crippen molar-refractivity contribution < 1.29 is 14.0 Å². The number of rotatable bonds is 10. The fourth-order valence-electron chi connectivity index (χ4n) is 4.84. The van der Waals surface area contributed by atoms with E-state index >= 15 is 0 Å². The third-order valence-corrected chi connectivity index (χ3v) is 7.00. The van der Waals surface area contributed by atoms with Crippen molar-refractivity contribution in [2.24, 2.45) is 0 Å². The predicted molar refractivity (Wildman–Crippen MR) is 173 cm³/mol. The van der Waals surface area contributed by atoms with Gasteiger partial charge in [0.1, 0.15) is 17.9 Å². The van der Waals surface area contributed by atoms with Crippen molar-refractivity contribution in [3.8, 4) is 11.3 Å². The molecule has 0 atom stereocenters. The van der Waals surface area contributed by atoms with Crippen LogP contribution >= 0.6 is 0 Å². The minimum absolute atomic E-state index is 0.274. The lowest BCUT2D eigenvalue weighted by Crippen LogP contribution is -2.23. The largest absolute Gasteiger partial charge is 0.437 e. The first-order valence-electron chi connectivity index (χ1n) is 14.2. The minimum Gasteiger partial charge on any atom is -0.437 e. The molecule has 4 aromatic carbocycles. The first-order chi connectivity index (χ1) is 21.6. The first kappa shape index (κ1) is 28.2. The van der Waals surface area contributed by atoms with Crippen LogP contribution in [0.1, 0.15) is 21.5 Å². The molecule has 3 amide bonds. The van der Waals surface area contributed by atoms with Gasteiger partial charge in [0.25, 0.3) is 5.91 Å². The van der Waals surface area contributed by atoms with Gasteiger partial charge < -0.3 is 25.7 Å².